The molecule has 0 radical (unpaired) electrons. The fourth-order valence-electron chi connectivity index (χ4n) is 2.88. The first kappa shape index (κ1) is 18.0. The maximum atomic E-state index is 13.8. The van der Waals surface area contributed by atoms with E-state index in [2.05, 4.69) is 5.32 Å². The Morgan fingerprint density at radius 3 is 2.68 bits per heavy atom. The minimum absolute atomic E-state index is 0.0633. The molecule has 3 amide bonds. The standard InChI is InChI=1S/C21H14ClFN2O3/c22-15-6-3-5-13(10-15)19-9-8-16(28-19)11-18-20(26)25(21(27)24-18)12-14-4-1-2-7-17(14)23/h1-11H,12H2,(H,24,27)/b18-11+. The Balaban J connectivity index is 1.55. The van der Waals surface area contributed by atoms with Crippen LogP contribution in [0, 0.1) is 5.82 Å². The summed E-state index contributed by atoms with van der Waals surface area (Å²) in [5.41, 5.74) is 1.11. The van der Waals surface area contributed by atoms with Crippen molar-refractivity contribution < 1.29 is 18.4 Å². The summed E-state index contributed by atoms with van der Waals surface area (Å²) in [7, 11) is 0. The van der Waals surface area contributed by atoms with Crippen molar-refractivity contribution in [3.05, 3.63) is 88.5 Å². The van der Waals surface area contributed by atoms with Crippen molar-refractivity contribution in [3.63, 3.8) is 0 Å². The van der Waals surface area contributed by atoms with Crippen LogP contribution < -0.4 is 5.32 Å². The number of halogens is 2. The third-order valence-corrected chi connectivity index (χ3v) is 4.51. The second-order valence-electron chi connectivity index (χ2n) is 6.18. The molecular formula is C21H14ClFN2O3. The van der Waals surface area contributed by atoms with Crippen molar-refractivity contribution >= 4 is 29.6 Å². The maximum Gasteiger partial charge on any atom is 0.329 e. The van der Waals surface area contributed by atoms with Crippen molar-refractivity contribution in [1.82, 2.24) is 10.2 Å². The van der Waals surface area contributed by atoms with Crippen LogP contribution in [0.25, 0.3) is 17.4 Å². The third-order valence-electron chi connectivity index (χ3n) is 4.27. The Hall–Kier alpha value is -3.38. The lowest BCUT2D eigenvalue weighted by Gasteiger charge is -2.12. The molecule has 1 fully saturated rings. The molecule has 1 saturated heterocycles. The quantitative estimate of drug-likeness (QED) is 0.507. The molecule has 0 unspecified atom stereocenters. The van der Waals surface area contributed by atoms with Gasteiger partial charge in [-0.3, -0.25) is 9.69 Å². The highest BCUT2D eigenvalue weighted by molar-refractivity contribution is 6.30. The highest BCUT2D eigenvalue weighted by Gasteiger charge is 2.34. The molecule has 0 spiro atoms. The zero-order valence-electron chi connectivity index (χ0n) is 14.5. The van der Waals surface area contributed by atoms with E-state index in [0.29, 0.717) is 16.5 Å². The first-order valence-electron chi connectivity index (χ1n) is 8.45. The van der Waals surface area contributed by atoms with Gasteiger partial charge in [0.15, 0.2) is 0 Å². The number of urea groups is 1. The van der Waals surface area contributed by atoms with Gasteiger partial charge in [-0.2, -0.15) is 0 Å². The van der Waals surface area contributed by atoms with Gasteiger partial charge < -0.3 is 9.73 Å². The van der Waals surface area contributed by atoms with Crippen molar-refractivity contribution in [2.24, 2.45) is 0 Å². The highest BCUT2D eigenvalue weighted by atomic mass is 35.5. The van der Waals surface area contributed by atoms with Crippen LogP contribution in [0.3, 0.4) is 0 Å². The van der Waals surface area contributed by atoms with Gasteiger partial charge in [-0.05, 0) is 30.3 Å². The fraction of sp³-hybridized carbons (Fsp3) is 0.0476. The summed E-state index contributed by atoms with van der Waals surface area (Å²) in [5.74, 6) is -0.0487. The summed E-state index contributed by atoms with van der Waals surface area (Å²) >= 11 is 5.99. The van der Waals surface area contributed by atoms with Gasteiger partial charge in [0.05, 0.1) is 6.54 Å². The number of nitrogens with zero attached hydrogens (tertiary/aromatic N) is 1. The first-order chi connectivity index (χ1) is 13.5. The lowest BCUT2D eigenvalue weighted by molar-refractivity contribution is -0.123. The average Bonchev–Trinajstić information content (AvgIpc) is 3.24. The number of furan rings is 1. The molecule has 1 N–H and O–H groups in total. The molecule has 1 aromatic heterocycles. The molecule has 140 valence electrons. The molecule has 0 saturated carbocycles. The predicted octanol–water partition coefficient (Wildman–Crippen LogP) is 4.83. The zero-order valence-corrected chi connectivity index (χ0v) is 15.2. The summed E-state index contributed by atoms with van der Waals surface area (Å²) in [6.07, 6.45) is 1.44. The number of carbonyl (C=O) groups is 2. The fourth-order valence-corrected chi connectivity index (χ4v) is 3.07. The van der Waals surface area contributed by atoms with Gasteiger partial charge in [0.2, 0.25) is 0 Å². The lowest BCUT2D eigenvalue weighted by Crippen LogP contribution is -2.30. The van der Waals surface area contributed by atoms with E-state index >= 15 is 0 Å². The first-order valence-corrected chi connectivity index (χ1v) is 8.83. The van der Waals surface area contributed by atoms with Crippen LogP contribution in [-0.2, 0) is 11.3 Å². The second-order valence-corrected chi connectivity index (χ2v) is 6.62. The van der Waals surface area contributed by atoms with Crippen LogP contribution in [0.2, 0.25) is 5.02 Å². The zero-order chi connectivity index (χ0) is 19.7. The normalized spacial score (nSPS) is 15.4. The third kappa shape index (κ3) is 3.54. The van der Waals surface area contributed by atoms with Crippen molar-refractivity contribution in [2.75, 3.05) is 0 Å². The van der Waals surface area contributed by atoms with E-state index in [4.69, 9.17) is 16.0 Å². The highest BCUT2D eigenvalue weighted by Crippen LogP contribution is 2.26. The molecule has 2 aromatic carbocycles. The molecule has 3 aromatic rings. The maximum absolute atomic E-state index is 13.8. The largest absolute Gasteiger partial charge is 0.457 e. The summed E-state index contributed by atoms with van der Waals surface area (Å²) in [6.45, 7) is -0.152. The van der Waals surface area contributed by atoms with E-state index in [-0.39, 0.29) is 17.8 Å². The van der Waals surface area contributed by atoms with Gasteiger partial charge in [0.1, 0.15) is 23.0 Å². The molecule has 0 atom stereocenters. The molecule has 4 rings (SSSR count). The van der Waals surface area contributed by atoms with Crippen molar-refractivity contribution in [2.45, 2.75) is 6.54 Å². The molecule has 1 aliphatic heterocycles. The Bertz CT molecular complexity index is 1110. The number of imide groups is 1. The Labute approximate surface area is 165 Å². The van der Waals surface area contributed by atoms with E-state index in [0.717, 1.165) is 10.5 Å². The van der Waals surface area contributed by atoms with E-state index in [1.807, 2.05) is 6.07 Å². The predicted molar refractivity (Wildman–Crippen MR) is 103 cm³/mol. The smallest absolute Gasteiger partial charge is 0.329 e. The van der Waals surface area contributed by atoms with Crippen LogP contribution in [0.5, 0.6) is 0 Å². The molecule has 0 aliphatic carbocycles. The number of hydrogen-bond acceptors (Lipinski definition) is 3. The molecule has 7 heteroatoms. The molecule has 2 heterocycles. The van der Waals surface area contributed by atoms with Gasteiger partial charge in [-0.25, -0.2) is 9.18 Å². The van der Waals surface area contributed by atoms with E-state index in [1.165, 1.54) is 18.2 Å². The SMILES string of the molecule is O=C1N/C(=C/c2ccc(-c3cccc(Cl)c3)o2)C(=O)N1Cc1ccccc1F. The van der Waals surface area contributed by atoms with Crippen LogP contribution in [0.15, 0.2) is 70.8 Å². The van der Waals surface area contributed by atoms with E-state index in [9.17, 15) is 14.0 Å². The summed E-state index contributed by atoms with van der Waals surface area (Å²) in [4.78, 5) is 25.7. The van der Waals surface area contributed by atoms with Gasteiger partial charge in [-0.1, -0.05) is 41.9 Å². The number of hydrogen-bond donors (Lipinski definition) is 1. The number of benzene rings is 2. The average molecular weight is 397 g/mol. The summed E-state index contributed by atoms with van der Waals surface area (Å²) in [5, 5.41) is 3.07. The Morgan fingerprint density at radius 2 is 1.89 bits per heavy atom. The lowest BCUT2D eigenvalue weighted by atomic mass is 10.2. The van der Waals surface area contributed by atoms with E-state index < -0.39 is 17.8 Å². The molecule has 1 aliphatic rings. The minimum Gasteiger partial charge on any atom is -0.457 e. The molecule has 0 bridgehead atoms. The second kappa shape index (κ2) is 7.32. The summed E-state index contributed by atoms with van der Waals surface area (Å²) in [6, 6.07) is 16.0. The van der Waals surface area contributed by atoms with Crippen LogP contribution in [-0.4, -0.2) is 16.8 Å². The van der Waals surface area contributed by atoms with Gasteiger partial charge >= 0.3 is 6.03 Å². The molecular weight excluding hydrogens is 383 g/mol. The van der Waals surface area contributed by atoms with Crippen molar-refractivity contribution in [3.8, 4) is 11.3 Å². The monoisotopic (exact) mass is 396 g/mol. The van der Waals surface area contributed by atoms with Gasteiger partial charge in [-0.15, -0.1) is 0 Å². The van der Waals surface area contributed by atoms with E-state index in [1.54, 1.807) is 42.5 Å². The summed E-state index contributed by atoms with van der Waals surface area (Å²) < 4.78 is 19.6. The van der Waals surface area contributed by atoms with Gasteiger partial charge in [0, 0.05) is 22.2 Å². The van der Waals surface area contributed by atoms with Crippen molar-refractivity contribution in [1.29, 1.82) is 0 Å². The minimum atomic E-state index is -0.610. The molecule has 28 heavy (non-hydrogen) atoms. The van der Waals surface area contributed by atoms with Gasteiger partial charge in [0.25, 0.3) is 5.91 Å². The Kier molecular flexibility index (Phi) is 4.71. The topological polar surface area (TPSA) is 62.6 Å². The number of nitrogens with one attached hydrogen (secondary N) is 1. The van der Waals surface area contributed by atoms with Crippen LogP contribution >= 0.6 is 11.6 Å². The van der Waals surface area contributed by atoms with Crippen LogP contribution in [0.1, 0.15) is 11.3 Å². The Morgan fingerprint density at radius 1 is 1.07 bits per heavy atom. The number of amides is 3. The number of rotatable bonds is 4. The molecule has 5 nitrogen and oxygen atoms in total. The van der Waals surface area contributed by atoms with Crippen LogP contribution in [0.4, 0.5) is 9.18 Å². The number of carbonyl (C=O) groups excluding carboxylic acids is 2.